The Kier molecular flexibility index (Phi) is 6.97. The molecule has 1 aromatic heterocycles. The zero-order chi connectivity index (χ0) is 29.9. The smallest absolute Gasteiger partial charge is 0.281 e. The van der Waals surface area contributed by atoms with E-state index in [-0.39, 0.29) is 75.2 Å². The molecule has 1 amide bonds. The fraction of sp³-hybridized carbons (Fsp3) is 0.333. The SMILES string of the molecule is C=C(C)COc1ccc([C@H]2C3=C(CC(C)(C)CS3(=O)=O)Nc3c(O)cccc3N2C(=O)c2nc(C)oc2C)c(F)c1. The zero-order valence-electron chi connectivity index (χ0n) is 23.5. The van der Waals surface area contributed by atoms with Gasteiger partial charge in [-0.05, 0) is 55.5 Å². The fourth-order valence-electron chi connectivity index (χ4n) is 5.48. The third-order valence-corrected chi connectivity index (χ3v) is 9.31. The lowest BCUT2D eigenvalue weighted by Gasteiger charge is -2.37. The number of amides is 1. The van der Waals surface area contributed by atoms with E-state index in [0.717, 1.165) is 11.6 Å². The number of anilines is 2. The Morgan fingerprint density at radius 1 is 1.29 bits per heavy atom. The van der Waals surface area contributed by atoms with E-state index >= 15 is 4.39 Å². The van der Waals surface area contributed by atoms with Crippen molar-refractivity contribution in [2.75, 3.05) is 22.6 Å². The standard InChI is InChI=1S/C30H32FN3O6S/c1-16(2)14-39-19-10-11-20(21(31)12-19)27-28-22(13-30(5,6)15-41(28,37)38)33-26-23(8-7-9-24(26)35)34(27)29(36)25-17(3)40-18(4)32-25/h7-12,27,33,35H,1,13-15H2,2-6H3/t27-/m0/s1. The van der Waals surface area contributed by atoms with E-state index in [4.69, 9.17) is 9.15 Å². The Balaban J connectivity index is 1.82. The van der Waals surface area contributed by atoms with Crippen LogP contribution in [0.2, 0.25) is 0 Å². The summed E-state index contributed by atoms with van der Waals surface area (Å²) in [4.78, 5) is 19.6. The van der Waals surface area contributed by atoms with Crippen molar-refractivity contribution in [2.24, 2.45) is 5.41 Å². The van der Waals surface area contributed by atoms with Gasteiger partial charge in [-0.15, -0.1) is 0 Å². The number of phenolic OH excluding ortho intramolecular Hbond substituents is 1. The highest BCUT2D eigenvalue weighted by molar-refractivity contribution is 7.95. The van der Waals surface area contributed by atoms with Gasteiger partial charge in [0, 0.05) is 24.3 Å². The van der Waals surface area contributed by atoms with Crippen LogP contribution in [-0.4, -0.2) is 36.8 Å². The molecule has 0 saturated carbocycles. The largest absolute Gasteiger partial charge is 0.506 e. The molecule has 0 aliphatic carbocycles. The number of oxazole rings is 1. The molecule has 1 atom stereocenters. The molecule has 5 rings (SSSR count). The van der Waals surface area contributed by atoms with E-state index in [9.17, 15) is 18.3 Å². The number of hydrogen-bond donors (Lipinski definition) is 2. The van der Waals surface area contributed by atoms with Crippen LogP contribution < -0.4 is 15.0 Å². The molecule has 41 heavy (non-hydrogen) atoms. The van der Waals surface area contributed by atoms with Crippen LogP contribution in [0.4, 0.5) is 15.8 Å². The summed E-state index contributed by atoms with van der Waals surface area (Å²) in [6, 6.07) is 7.20. The van der Waals surface area contributed by atoms with E-state index < -0.39 is 33.0 Å². The van der Waals surface area contributed by atoms with Gasteiger partial charge >= 0.3 is 0 Å². The predicted molar refractivity (Wildman–Crippen MR) is 153 cm³/mol. The van der Waals surface area contributed by atoms with Gasteiger partial charge in [0.2, 0.25) is 0 Å². The second kappa shape index (κ2) is 10.1. The van der Waals surface area contributed by atoms with Crippen molar-refractivity contribution in [3.8, 4) is 11.5 Å². The first-order valence-corrected chi connectivity index (χ1v) is 14.7. The number of hydrogen-bond acceptors (Lipinski definition) is 8. The van der Waals surface area contributed by atoms with E-state index in [1.54, 1.807) is 26.8 Å². The second-order valence-electron chi connectivity index (χ2n) is 11.4. The summed E-state index contributed by atoms with van der Waals surface area (Å²) in [5, 5.41) is 14.0. The molecule has 0 radical (unpaired) electrons. The number of sulfone groups is 1. The highest BCUT2D eigenvalue weighted by Gasteiger charge is 2.48. The number of aromatic hydroxyl groups is 1. The Morgan fingerprint density at radius 2 is 2.02 bits per heavy atom. The quantitative estimate of drug-likeness (QED) is 0.280. The molecule has 0 saturated heterocycles. The molecule has 2 N–H and O–H groups in total. The summed E-state index contributed by atoms with van der Waals surface area (Å²) < 4.78 is 55.3. The van der Waals surface area contributed by atoms with Gasteiger partial charge in [0.05, 0.1) is 16.3 Å². The van der Waals surface area contributed by atoms with Crippen LogP contribution in [0.25, 0.3) is 0 Å². The maximum atomic E-state index is 16.1. The summed E-state index contributed by atoms with van der Waals surface area (Å²) in [6.07, 6.45) is 0.275. The zero-order valence-corrected chi connectivity index (χ0v) is 24.4. The monoisotopic (exact) mass is 581 g/mol. The van der Waals surface area contributed by atoms with Crippen molar-refractivity contribution in [1.82, 2.24) is 4.98 Å². The number of aromatic nitrogens is 1. The number of para-hydroxylation sites is 1. The molecule has 9 nitrogen and oxygen atoms in total. The molecular formula is C30H32FN3O6S. The average molecular weight is 582 g/mol. The van der Waals surface area contributed by atoms with Crippen LogP contribution in [-0.2, 0) is 9.84 Å². The molecule has 3 heterocycles. The molecule has 11 heteroatoms. The number of ether oxygens (including phenoxy) is 1. The van der Waals surface area contributed by atoms with Crippen molar-refractivity contribution in [3.63, 3.8) is 0 Å². The lowest BCUT2D eigenvalue weighted by atomic mass is 9.88. The van der Waals surface area contributed by atoms with Crippen molar-refractivity contribution < 1.29 is 31.9 Å². The minimum Gasteiger partial charge on any atom is -0.506 e. The van der Waals surface area contributed by atoms with Gasteiger partial charge in [0.15, 0.2) is 21.4 Å². The number of benzene rings is 2. The normalized spacial score (nSPS) is 19.1. The number of halogens is 1. The van der Waals surface area contributed by atoms with Crippen LogP contribution in [0.1, 0.15) is 60.9 Å². The molecule has 2 aliphatic heterocycles. The molecule has 3 aromatic rings. The Hall–Kier alpha value is -4.12. The van der Waals surface area contributed by atoms with Gasteiger partial charge in [0.1, 0.15) is 41.4 Å². The molecule has 0 unspecified atom stereocenters. The molecule has 0 spiro atoms. The molecule has 216 valence electrons. The van der Waals surface area contributed by atoms with Crippen LogP contribution in [0.3, 0.4) is 0 Å². The third-order valence-electron chi connectivity index (χ3n) is 7.01. The van der Waals surface area contributed by atoms with Crippen molar-refractivity contribution in [3.05, 3.63) is 87.9 Å². The molecule has 2 aliphatic rings. The summed E-state index contributed by atoms with van der Waals surface area (Å²) in [6.45, 7) is 12.5. The summed E-state index contributed by atoms with van der Waals surface area (Å²) in [7, 11) is -4.06. The summed E-state index contributed by atoms with van der Waals surface area (Å²) in [5.74, 6) is -1.22. The molecule has 0 bridgehead atoms. The van der Waals surface area contributed by atoms with Crippen LogP contribution in [0.5, 0.6) is 11.5 Å². The number of phenols is 1. The Labute approximate surface area is 238 Å². The van der Waals surface area contributed by atoms with E-state index in [2.05, 4.69) is 16.9 Å². The highest BCUT2D eigenvalue weighted by Crippen LogP contribution is 2.52. The predicted octanol–water partition coefficient (Wildman–Crippen LogP) is 5.96. The fourth-order valence-corrected chi connectivity index (χ4v) is 7.83. The minimum absolute atomic E-state index is 0.0544. The number of nitrogens with zero attached hydrogens (tertiary/aromatic N) is 2. The molecule has 2 aromatic carbocycles. The number of nitrogens with one attached hydrogen (secondary N) is 1. The second-order valence-corrected chi connectivity index (χ2v) is 13.3. The van der Waals surface area contributed by atoms with Gasteiger partial charge in [-0.1, -0.05) is 26.5 Å². The number of carbonyl (C=O) groups is 1. The van der Waals surface area contributed by atoms with E-state index in [1.807, 2.05) is 13.8 Å². The van der Waals surface area contributed by atoms with Gasteiger partial charge in [0.25, 0.3) is 5.91 Å². The number of fused-ring (bicyclic) bond motifs is 1. The van der Waals surface area contributed by atoms with Crippen molar-refractivity contribution >= 4 is 27.1 Å². The maximum absolute atomic E-state index is 16.1. The summed E-state index contributed by atoms with van der Waals surface area (Å²) >= 11 is 0. The van der Waals surface area contributed by atoms with Gasteiger partial charge in [-0.25, -0.2) is 17.8 Å². The van der Waals surface area contributed by atoms with Gasteiger partial charge < -0.3 is 19.6 Å². The Morgan fingerprint density at radius 3 is 2.66 bits per heavy atom. The average Bonchev–Trinajstić information content (AvgIpc) is 3.11. The molecular weight excluding hydrogens is 549 g/mol. The van der Waals surface area contributed by atoms with E-state index in [0.29, 0.717) is 0 Å². The minimum atomic E-state index is -4.06. The number of rotatable bonds is 5. The van der Waals surface area contributed by atoms with Crippen molar-refractivity contribution in [1.29, 1.82) is 0 Å². The molecule has 0 fully saturated rings. The maximum Gasteiger partial charge on any atom is 0.281 e. The van der Waals surface area contributed by atoms with Crippen LogP contribution >= 0.6 is 0 Å². The number of allylic oxidation sites excluding steroid dienone is 1. The van der Waals surface area contributed by atoms with Crippen LogP contribution in [0, 0.1) is 25.1 Å². The third kappa shape index (κ3) is 5.21. The first-order valence-electron chi connectivity index (χ1n) is 13.1. The lowest BCUT2D eigenvalue weighted by molar-refractivity contribution is 0.0974. The first-order chi connectivity index (χ1) is 19.2. The van der Waals surface area contributed by atoms with Crippen molar-refractivity contribution in [2.45, 2.75) is 47.1 Å². The highest BCUT2D eigenvalue weighted by atomic mass is 32.2. The topological polar surface area (TPSA) is 122 Å². The van der Waals surface area contributed by atoms with Crippen LogP contribution in [0.15, 0.2) is 63.6 Å². The number of carbonyl (C=O) groups excluding carboxylic acids is 1. The van der Waals surface area contributed by atoms with E-state index in [1.165, 1.54) is 29.2 Å². The Bertz CT molecular complexity index is 1720. The van der Waals surface area contributed by atoms with Gasteiger partial charge in [-0.2, -0.15) is 0 Å². The summed E-state index contributed by atoms with van der Waals surface area (Å²) in [5.41, 5.74) is 0.514. The first kappa shape index (κ1) is 28.4. The van der Waals surface area contributed by atoms with Gasteiger partial charge in [-0.3, -0.25) is 9.69 Å². The number of aryl methyl sites for hydroxylation is 2. The lowest BCUT2D eigenvalue weighted by Crippen LogP contribution is -2.41.